The Morgan fingerprint density at radius 2 is 1.29 bits per heavy atom. The lowest BCUT2D eigenvalue weighted by Gasteiger charge is -2.08. The number of fused-ring (bicyclic) bond motifs is 1. The summed E-state index contributed by atoms with van der Waals surface area (Å²) in [5, 5.41) is 1.000. The van der Waals surface area contributed by atoms with Crippen molar-refractivity contribution in [3.63, 3.8) is 0 Å². The van der Waals surface area contributed by atoms with E-state index in [0.717, 1.165) is 0 Å². The highest BCUT2D eigenvalue weighted by Crippen LogP contribution is 2.29. The molecule has 2 N–H and O–H groups in total. The summed E-state index contributed by atoms with van der Waals surface area (Å²) in [6, 6.07) is 15.1. The number of benzene rings is 3. The van der Waals surface area contributed by atoms with E-state index in [9.17, 15) is 21.4 Å². The van der Waals surface area contributed by atoms with Gasteiger partial charge in [0, 0.05) is 5.39 Å². The molecule has 0 radical (unpaired) electrons. The fraction of sp³-hybridized carbons (Fsp3) is 0. The fourth-order valence-electron chi connectivity index (χ4n) is 2.47. The van der Waals surface area contributed by atoms with Crippen molar-refractivity contribution in [2.24, 2.45) is 0 Å². The minimum Gasteiger partial charge on any atom is -0.282 e. The van der Waals surface area contributed by atoms with Crippen LogP contribution in [0.3, 0.4) is 0 Å². The molecule has 0 fully saturated rings. The van der Waals surface area contributed by atoms with Crippen molar-refractivity contribution in [2.45, 2.75) is 9.79 Å². The van der Waals surface area contributed by atoms with Crippen LogP contribution >= 0.6 is 0 Å². The smallest absolute Gasteiger partial charge is 0.282 e. The Hall–Kier alpha value is -2.26. The topological polar surface area (TPSA) is 109 Å². The van der Waals surface area contributed by atoms with Gasteiger partial charge in [-0.05, 0) is 40.8 Å². The molecule has 0 aromatic heterocycles. The van der Waals surface area contributed by atoms with Crippen LogP contribution in [0.25, 0.3) is 21.9 Å². The van der Waals surface area contributed by atoms with E-state index in [0.29, 0.717) is 21.9 Å². The molecule has 6 nitrogen and oxygen atoms in total. The van der Waals surface area contributed by atoms with Gasteiger partial charge in [-0.2, -0.15) is 16.8 Å². The first-order chi connectivity index (χ1) is 11.2. The van der Waals surface area contributed by atoms with E-state index in [1.165, 1.54) is 36.4 Å². The monoisotopic (exact) mass is 364 g/mol. The van der Waals surface area contributed by atoms with Crippen molar-refractivity contribution in [3.05, 3.63) is 60.7 Å². The van der Waals surface area contributed by atoms with Crippen molar-refractivity contribution in [3.8, 4) is 11.1 Å². The maximum absolute atomic E-state index is 11.5. The van der Waals surface area contributed by atoms with Gasteiger partial charge in [-0.3, -0.25) is 9.11 Å². The van der Waals surface area contributed by atoms with Gasteiger partial charge in [-0.1, -0.05) is 36.4 Å². The molecule has 0 saturated heterocycles. The lowest BCUT2D eigenvalue weighted by molar-refractivity contribution is 0.481. The molecule has 0 spiro atoms. The predicted molar refractivity (Wildman–Crippen MR) is 89.0 cm³/mol. The zero-order valence-corrected chi connectivity index (χ0v) is 13.8. The van der Waals surface area contributed by atoms with E-state index in [1.807, 2.05) is 0 Å². The van der Waals surface area contributed by atoms with Crippen LogP contribution in [-0.2, 0) is 20.2 Å². The summed E-state index contributed by atoms with van der Waals surface area (Å²) < 4.78 is 63.5. The average molecular weight is 364 g/mol. The van der Waals surface area contributed by atoms with Crippen molar-refractivity contribution in [1.82, 2.24) is 0 Å². The first-order valence-corrected chi connectivity index (χ1v) is 9.62. The van der Waals surface area contributed by atoms with Crippen LogP contribution in [0, 0.1) is 0 Å². The molecule has 0 unspecified atom stereocenters. The summed E-state index contributed by atoms with van der Waals surface area (Å²) in [6.45, 7) is 0. The normalized spacial score (nSPS) is 12.4. The summed E-state index contributed by atoms with van der Waals surface area (Å²) in [7, 11) is -8.64. The number of rotatable bonds is 3. The second-order valence-corrected chi connectivity index (χ2v) is 7.98. The van der Waals surface area contributed by atoms with Gasteiger partial charge in [0.15, 0.2) is 0 Å². The van der Waals surface area contributed by atoms with Crippen molar-refractivity contribution >= 4 is 31.0 Å². The van der Waals surface area contributed by atoms with E-state index >= 15 is 0 Å². The average Bonchev–Trinajstić information content (AvgIpc) is 2.52. The van der Waals surface area contributed by atoms with Gasteiger partial charge in [-0.25, -0.2) is 0 Å². The van der Waals surface area contributed by atoms with Gasteiger partial charge in [-0.15, -0.1) is 0 Å². The van der Waals surface area contributed by atoms with Crippen LogP contribution < -0.4 is 0 Å². The van der Waals surface area contributed by atoms with E-state index in [1.54, 1.807) is 24.3 Å². The highest BCUT2D eigenvalue weighted by Gasteiger charge is 2.14. The first-order valence-electron chi connectivity index (χ1n) is 6.74. The Bertz CT molecular complexity index is 1130. The van der Waals surface area contributed by atoms with Crippen LogP contribution in [0.1, 0.15) is 0 Å². The van der Waals surface area contributed by atoms with Crippen LogP contribution in [0.15, 0.2) is 70.5 Å². The van der Waals surface area contributed by atoms with Crippen LogP contribution in [0.2, 0.25) is 0 Å². The Balaban J connectivity index is 2.18. The lowest BCUT2D eigenvalue weighted by Crippen LogP contribution is -1.99. The molecule has 24 heavy (non-hydrogen) atoms. The van der Waals surface area contributed by atoms with E-state index in [-0.39, 0.29) is 9.79 Å². The van der Waals surface area contributed by atoms with Crippen LogP contribution in [-0.4, -0.2) is 25.9 Å². The lowest BCUT2D eigenvalue weighted by atomic mass is 10.0. The summed E-state index contributed by atoms with van der Waals surface area (Å²) in [6.07, 6.45) is 0. The van der Waals surface area contributed by atoms with Crippen LogP contribution in [0.4, 0.5) is 0 Å². The third-order valence-electron chi connectivity index (χ3n) is 3.61. The standard InChI is InChI=1S/C16H12O6S2/c17-23(18,19)14-8-6-11(7-9-14)13-5-4-12-2-1-3-16(15(12)10-13)24(20,21)22/h1-10H,(H,17,18,19)(H,20,21,22). The fourth-order valence-corrected chi connectivity index (χ4v) is 3.65. The molecule has 0 aliphatic rings. The number of hydrogen-bond donors (Lipinski definition) is 2. The summed E-state index contributed by atoms with van der Waals surface area (Å²) in [4.78, 5) is -0.429. The van der Waals surface area contributed by atoms with Crippen LogP contribution in [0.5, 0.6) is 0 Å². The molecule has 0 bridgehead atoms. The molecule has 8 heteroatoms. The van der Waals surface area contributed by atoms with Crippen molar-refractivity contribution < 1.29 is 25.9 Å². The molecule has 3 aromatic rings. The molecule has 3 rings (SSSR count). The SMILES string of the molecule is O=S(=O)(O)c1ccc(-c2ccc3cccc(S(=O)(=O)O)c3c2)cc1. The maximum atomic E-state index is 11.5. The molecule has 0 aliphatic carbocycles. The van der Waals surface area contributed by atoms with E-state index in [4.69, 9.17) is 4.55 Å². The van der Waals surface area contributed by atoms with Gasteiger partial charge < -0.3 is 0 Å². The number of hydrogen-bond acceptors (Lipinski definition) is 4. The predicted octanol–water partition coefficient (Wildman–Crippen LogP) is 3.00. The van der Waals surface area contributed by atoms with Crippen molar-refractivity contribution in [2.75, 3.05) is 0 Å². The van der Waals surface area contributed by atoms with Gasteiger partial charge >= 0.3 is 0 Å². The first kappa shape index (κ1) is 16.6. The van der Waals surface area contributed by atoms with Gasteiger partial charge in [0.2, 0.25) is 0 Å². The molecule has 0 saturated carbocycles. The quantitative estimate of drug-likeness (QED) is 0.692. The molecule has 0 aliphatic heterocycles. The Morgan fingerprint density at radius 3 is 1.88 bits per heavy atom. The van der Waals surface area contributed by atoms with Gasteiger partial charge in [0.1, 0.15) is 4.90 Å². The third kappa shape index (κ3) is 3.17. The Labute approximate surface area is 138 Å². The summed E-state index contributed by atoms with van der Waals surface area (Å²) in [5.74, 6) is 0. The summed E-state index contributed by atoms with van der Waals surface area (Å²) >= 11 is 0. The highest BCUT2D eigenvalue weighted by molar-refractivity contribution is 7.86. The minimum absolute atomic E-state index is 0.198. The second-order valence-electron chi connectivity index (χ2n) is 5.17. The highest BCUT2D eigenvalue weighted by atomic mass is 32.2. The zero-order valence-electron chi connectivity index (χ0n) is 12.1. The minimum atomic E-state index is -4.37. The largest absolute Gasteiger partial charge is 0.295 e. The van der Waals surface area contributed by atoms with Gasteiger partial charge in [0.05, 0.1) is 4.90 Å². The maximum Gasteiger partial charge on any atom is 0.295 e. The molecular weight excluding hydrogens is 352 g/mol. The molecular formula is C16H12O6S2. The molecule has 0 heterocycles. The molecule has 3 aromatic carbocycles. The Kier molecular flexibility index (Phi) is 3.92. The molecule has 124 valence electrons. The van der Waals surface area contributed by atoms with E-state index in [2.05, 4.69) is 0 Å². The van der Waals surface area contributed by atoms with Crippen molar-refractivity contribution in [1.29, 1.82) is 0 Å². The Morgan fingerprint density at radius 1 is 0.667 bits per heavy atom. The molecule has 0 atom stereocenters. The zero-order chi connectivity index (χ0) is 17.5. The summed E-state index contributed by atoms with van der Waals surface area (Å²) in [5.41, 5.74) is 1.27. The molecule has 0 amide bonds. The second kappa shape index (κ2) is 5.67. The van der Waals surface area contributed by atoms with Gasteiger partial charge in [0.25, 0.3) is 20.2 Å². The third-order valence-corrected chi connectivity index (χ3v) is 5.39. The van der Waals surface area contributed by atoms with E-state index < -0.39 is 20.2 Å².